The first-order chi connectivity index (χ1) is 18.1. The molecular formula is C26H25F3N6O2S. The number of benzene rings is 2. The van der Waals surface area contributed by atoms with Gasteiger partial charge in [-0.25, -0.2) is 26.6 Å². The third-order valence-electron chi connectivity index (χ3n) is 6.57. The molecule has 0 unspecified atom stereocenters. The number of aromatic nitrogens is 3. The highest BCUT2D eigenvalue weighted by Crippen LogP contribution is 2.37. The molecule has 1 aliphatic rings. The summed E-state index contributed by atoms with van der Waals surface area (Å²) in [6.45, 7) is 1.78. The number of sulfonamides is 1. The Morgan fingerprint density at radius 2 is 1.79 bits per heavy atom. The summed E-state index contributed by atoms with van der Waals surface area (Å²) in [5, 5.41) is 4.73. The molecule has 198 valence electrons. The summed E-state index contributed by atoms with van der Waals surface area (Å²) in [5.74, 6) is -2.74. The van der Waals surface area contributed by atoms with E-state index >= 15 is 4.39 Å². The number of anilines is 2. The number of nitrogens with one attached hydrogen (secondary N) is 1. The lowest BCUT2D eigenvalue weighted by Gasteiger charge is -2.29. The molecule has 0 atom stereocenters. The van der Waals surface area contributed by atoms with E-state index in [9.17, 15) is 17.2 Å². The first-order valence-electron chi connectivity index (χ1n) is 11.9. The highest BCUT2D eigenvalue weighted by atomic mass is 32.2. The van der Waals surface area contributed by atoms with Crippen molar-refractivity contribution in [3.05, 3.63) is 78.4 Å². The van der Waals surface area contributed by atoms with Gasteiger partial charge in [-0.2, -0.15) is 5.10 Å². The SMILES string of the molecule is CN1CCC(n2cc(-c3ccnc(N)c3)c(-c3cccc(NS(=O)(=O)c4cc(F)ccc4F)c3F)n2)CC1. The van der Waals surface area contributed by atoms with Gasteiger partial charge in [0.25, 0.3) is 10.0 Å². The topological polar surface area (TPSA) is 106 Å². The third-order valence-corrected chi connectivity index (χ3v) is 7.95. The second-order valence-corrected chi connectivity index (χ2v) is 10.9. The van der Waals surface area contributed by atoms with Gasteiger partial charge >= 0.3 is 0 Å². The highest BCUT2D eigenvalue weighted by molar-refractivity contribution is 7.92. The molecule has 12 heteroatoms. The zero-order valence-electron chi connectivity index (χ0n) is 20.4. The molecule has 5 rings (SSSR count). The summed E-state index contributed by atoms with van der Waals surface area (Å²) < 4.78 is 73.2. The molecule has 2 aromatic carbocycles. The third kappa shape index (κ3) is 5.09. The van der Waals surface area contributed by atoms with Crippen molar-refractivity contribution >= 4 is 21.5 Å². The summed E-state index contributed by atoms with van der Waals surface area (Å²) in [5.41, 5.74) is 7.04. The predicted octanol–water partition coefficient (Wildman–Crippen LogP) is 4.68. The molecule has 0 spiro atoms. The van der Waals surface area contributed by atoms with E-state index in [-0.39, 0.29) is 23.1 Å². The van der Waals surface area contributed by atoms with Crippen molar-refractivity contribution < 1.29 is 21.6 Å². The summed E-state index contributed by atoms with van der Waals surface area (Å²) in [6, 6.07) is 9.63. The lowest BCUT2D eigenvalue weighted by molar-refractivity contribution is 0.212. The number of halogens is 3. The fourth-order valence-corrected chi connectivity index (χ4v) is 5.69. The van der Waals surface area contributed by atoms with Crippen LogP contribution in [-0.4, -0.2) is 48.2 Å². The molecule has 1 saturated heterocycles. The molecule has 0 saturated carbocycles. The second kappa shape index (κ2) is 10.1. The van der Waals surface area contributed by atoms with Crippen LogP contribution in [-0.2, 0) is 10.0 Å². The fourth-order valence-electron chi connectivity index (χ4n) is 4.54. The first-order valence-corrected chi connectivity index (χ1v) is 13.4. The Labute approximate surface area is 218 Å². The normalized spacial score (nSPS) is 15.1. The molecule has 4 aromatic rings. The average molecular weight is 543 g/mol. The Kier molecular flexibility index (Phi) is 6.84. The fraction of sp³-hybridized carbons (Fsp3) is 0.231. The van der Waals surface area contributed by atoms with Crippen LogP contribution in [0.3, 0.4) is 0 Å². The number of piperidine rings is 1. The number of likely N-dealkylation sites (tertiary alicyclic amines) is 1. The van der Waals surface area contributed by atoms with Gasteiger partial charge in [-0.15, -0.1) is 0 Å². The van der Waals surface area contributed by atoms with Crippen LogP contribution in [0.15, 0.2) is 65.8 Å². The molecule has 1 fully saturated rings. The number of nitrogens with zero attached hydrogens (tertiary/aromatic N) is 4. The molecule has 3 N–H and O–H groups in total. The summed E-state index contributed by atoms with van der Waals surface area (Å²) in [4.78, 5) is 5.32. The van der Waals surface area contributed by atoms with Gasteiger partial charge in [0, 0.05) is 23.5 Å². The summed E-state index contributed by atoms with van der Waals surface area (Å²) in [7, 11) is -2.58. The zero-order valence-corrected chi connectivity index (χ0v) is 21.2. The van der Waals surface area contributed by atoms with E-state index in [0.29, 0.717) is 23.3 Å². The van der Waals surface area contributed by atoms with Crippen LogP contribution < -0.4 is 10.5 Å². The highest BCUT2D eigenvalue weighted by Gasteiger charge is 2.26. The van der Waals surface area contributed by atoms with E-state index in [0.717, 1.165) is 32.0 Å². The maximum absolute atomic E-state index is 15.9. The van der Waals surface area contributed by atoms with Crippen LogP contribution in [0.5, 0.6) is 0 Å². The van der Waals surface area contributed by atoms with Crippen molar-refractivity contribution in [2.75, 3.05) is 30.6 Å². The van der Waals surface area contributed by atoms with E-state index in [1.165, 1.54) is 24.4 Å². The Hall–Kier alpha value is -3.90. The molecule has 0 radical (unpaired) electrons. The van der Waals surface area contributed by atoms with Crippen LogP contribution in [0.4, 0.5) is 24.7 Å². The van der Waals surface area contributed by atoms with Gasteiger partial charge < -0.3 is 10.6 Å². The van der Waals surface area contributed by atoms with Crippen molar-refractivity contribution in [2.24, 2.45) is 0 Å². The van der Waals surface area contributed by atoms with E-state index in [1.807, 2.05) is 22.6 Å². The molecule has 2 aromatic heterocycles. The largest absolute Gasteiger partial charge is 0.384 e. The summed E-state index contributed by atoms with van der Waals surface area (Å²) in [6.07, 6.45) is 5.09. The lowest BCUT2D eigenvalue weighted by Crippen LogP contribution is -2.31. The van der Waals surface area contributed by atoms with Crippen LogP contribution in [0.25, 0.3) is 22.4 Å². The van der Waals surface area contributed by atoms with E-state index in [1.54, 1.807) is 12.1 Å². The van der Waals surface area contributed by atoms with Crippen molar-refractivity contribution in [3.63, 3.8) is 0 Å². The maximum atomic E-state index is 15.9. The first kappa shape index (κ1) is 25.7. The number of hydrogen-bond donors (Lipinski definition) is 2. The molecule has 0 aliphatic carbocycles. The van der Waals surface area contributed by atoms with Crippen LogP contribution in [0.2, 0.25) is 0 Å². The van der Waals surface area contributed by atoms with Gasteiger partial charge in [-0.05, 0) is 81.0 Å². The quantitative estimate of drug-likeness (QED) is 0.367. The zero-order chi connectivity index (χ0) is 27.0. The molecular weight excluding hydrogens is 517 g/mol. The minimum absolute atomic E-state index is 0.0296. The minimum atomic E-state index is -4.63. The molecule has 38 heavy (non-hydrogen) atoms. The number of hydrogen-bond acceptors (Lipinski definition) is 6. The lowest BCUT2D eigenvalue weighted by atomic mass is 10.0. The standard InChI is InChI=1S/C26H25F3N6O2S/c1-34-11-8-18(9-12-34)35-15-20(16-7-10-31-24(30)13-16)26(32-35)19-3-2-4-22(25(19)29)33-38(36,37)23-14-17(27)5-6-21(23)28/h2-7,10,13-15,18,33H,8-9,11-12H2,1H3,(H2,30,31). The van der Waals surface area contributed by atoms with Crippen molar-refractivity contribution in [1.29, 1.82) is 0 Å². The molecule has 8 nitrogen and oxygen atoms in total. The predicted molar refractivity (Wildman–Crippen MR) is 138 cm³/mol. The molecule has 3 heterocycles. The van der Waals surface area contributed by atoms with Crippen molar-refractivity contribution in [3.8, 4) is 22.4 Å². The Morgan fingerprint density at radius 1 is 1.03 bits per heavy atom. The van der Waals surface area contributed by atoms with Gasteiger partial charge in [0.1, 0.15) is 28.0 Å². The van der Waals surface area contributed by atoms with E-state index < -0.39 is 38.1 Å². The number of pyridine rings is 1. The van der Waals surface area contributed by atoms with Crippen molar-refractivity contribution in [2.45, 2.75) is 23.8 Å². The monoisotopic (exact) mass is 542 g/mol. The number of nitrogens with two attached hydrogens (primary N) is 1. The van der Waals surface area contributed by atoms with Gasteiger partial charge in [0.15, 0.2) is 5.82 Å². The molecule has 0 amide bonds. The van der Waals surface area contributed by atoms with Gasteiger partial charge in [-0.3, -0.25) is 9.40 Å². The smallest absolute Gasteiger partial charge is 0.265 e. The average Bonchev–Trinajstić information content (AvgIpc) is 3.32. The Balaban J connectivity index is 1.58. The van der Waals surface area contributed by atoms with Gasteiger partial charge in [0.05, 0.1) is 11.7 Å². The Morgan fingerprint density at radius 3 is 2.53 bits per heavy atom. The summed E-state index contributed by atoms with van der Waals surface area (Å²) >= 11 is 0. The van der Waals surface area contributed by atoms with Gasteiger partial charge in [-0.1, -0.05) is 6.07 Å². The molecule has 0 bridgehead atoms. The van der Waals surface area contributed by atoms with Crippen molar-refractivity contribution in [1.82, 2.24) is 19.7 Å². The van der Waals surface area contributed by atoms with Crippen LogP contribution in [0, 0.1) is 17.5 Å². The van der Waals surface area contributed by atoms with Crippen LogP contribution >= 0.6 is 0 Å². The second-order valence-electron chi connectivity index (χ2n) is 9.22. The number of rotatable bonds is 6. The minimum Gasteiger partial charge on any atom is -0.384 e. The van der Waals surface area contributed by atoms with E-state index in [4.69, 9.17) is 10.8 Å². The maximum Gasteiger partial charge on any atom is 0.265 e. The van der Waals surface area contributed by atoms with E-state index in [2.05, 4.69) is 9.88 Å². The van der Waals surface area contributed by atoms with Gasteiger partial charge in [0.2, 0.25) is 0 Å². The van der Waals surface area contributed by atoms with Crippen LogP contribution in [0.1, 0.15) is 18.9 Å². The Bertz CT molecular complexity index is 1600. The number of nitrogen functional groups attached to an aromatic ring is 1. The molecule has 1 aliphatic heterocycles.